The maximum absolute atomic E-state index is 12.2. The van der Waals surface area contributed by atoms with E-state index in [2.05, 4.69) is 10.3 Å². The number of hydrogen-bond acceptors (Lipinski definition) is 2. The molecule has 0 saturated heterocycles. The topological polar surface area (TPSA) is 62.0 Å². The quantitative estimate of drug-likeness (QED) is 0.757. The van der Waals surface area contributed by atoms with E-state index in [0.29, 0.717) is 12.0 Å². The summed E-state index contributed by atoms with van der Waals surface area (Å²) < 4.78 is 0. The molecule has 3 aromatic rings. The number of fused-ring (bicyclic) bond motifs is 1. The molecule has 1 heterocycles. The number of carbonyl (C=O) groups is 1. The maximum atomic E-state index is 12.2. The standard InChI is InChI=1S/C21H22N2O2/c1-13-4-8-19-17(10-13)12-16(21(25)23-19)6-9-20(24)22-18-7-5-14(2)15(3)11-18/h4-5,7-8,10-12H,6,9H2,1-3H3,(H,22,24)(H,23,25). The van der Waals surface area contributed by atoms with Crippen LogP contribution in [0, 0.1) is 20.8 Å². The van der Waals surface area contributed by atoms with Crippen LogP contribution in [0.15, 0.2) is 47.3 Å². The number of amides is 1. The number of H-pyrrole nitrogens is 1. The zero-order valence-corrected chi connectivity index (χ0v) is 14.8. The van der Waals surface area contributed by atoms with E-state index in [1.54, 1.807) is 0 Å². The summed E-state index contributed by atoms with van der Waals surface area (Å²) in [4.78, 5) is 27.3. The Balaban J connectivity index is 1.71. The summed E-state index contributed by atoms with van der Waals surface area (Å²) in [6.45, 7) is 6.07. The van der Waals surface area contributed by atoms with Crippen molar-refractivity contribution >= 4 is 22.5 Å². The van der Waals surface area contributed by atoms with Gasteiger partial charge in [-0.2, -0.15) is 0 Å². The van der Waals surface area contributed by atoms with Crippen LogP contribution < -0.4 is 10.9 Å². The molecule has 25 heavy (non-hydrogen) atoms. The molecule has 0 bridgehead atoms. The van der Waals surface area contributed by atoms with E-state index in [4.69, 9.17) is 0 Å². The van der Waals surface area contributed by atoms with Gasteiger partial charge in [0, 0.05) is 23.2 Å². The molecule has 0 spiro atoms. The number of pyridine rings is 1. The molecular weight excluding hydrogens is 312 g/mol. The third kappa shape index (κ3) is 3.97. The lowest BCUT2D eigenvalue weighted by molar-refractivity contribution is -0.116. The second kappa shape index (κ2) is 6.93. The van der Waals surface area contributed by atoms with Gasteiger partial charge in [0.05, 0.1) is 0 Å². The lowest BCUT2D eigenvalue weighted by Crippen LogP contribution is -2.17. The van der Waals surface area contributed by atoms with Gasteiger partial charge in [0.1, 0.15) is 0 Å². The average Bonchev–Trinajstić information content (AvgIpc) is 2.56. The number of anilines is 1. The minimum absolute atomic E-state index is 0.0907. The monoisotopic (exact) mass is 334 g/mol. The van der Waals surface area contributed by atoms with Crippen LogP contribution in [-0.4, -0.2) is 10.9 Å². The summed E-state index contributed by atoms with van der Waals surface area (Å²) >= 11 is 0. The van der Waals surface area contributed by atoms with Crippen LogP contribution in [0.25, 0.3) is 10.9 Å². The molecule has 0 unspecified atom stereocenters. The smallest absolute Gasteiger partial charge is 0.251 e. The second-order valence-electron chi connectivity index (χ2n) is 6.56. The molecule has 1 amide bonds. The molecule has 0 saturated carbocycles. The molecule has 0 atom stereocenters. The average molecular weight is 334 g/mol. The second-order valence-corrected chi connectivity index (χ2v) is 6.56. The van der Waals surface area contributed by atoms with Crippen molar-refractivity contribution in [1.29, 1.82) is 0 Å². The van der Waals surface area contributed by atoms with Crippen molar-refractivity contribution in [3.8, 4) is 0 Å². The lowest BCUT2D eigenvalue weighted by Gasteiger charge is -2.08. The lowest BCUT2D eigenvalue weighted by atomic mass is 10.1. The van der Waals surface area contributed by atoms with Gasteiger partial charge in [0.2, 0.25) is 5.91 Å². The zero-order valence-electron chi connectivity index (χ0n) is 14.8. The first-order valence-electron chi connectivity index (χ1n) is 8.42. The van der Waals surface area contributed by atoms with Crippen molar-refractivity contribution in [3.63, 3.8) is 0 Å². The molecule has 0 fully saturated rings. The minimum atomic E-state index is -0.129. The van der Waals surface area contributed by atoms with E-state index in [1.165, 1.54) is 5.56 Å². The third-order valence-corrected chi connectivity index (χ3v) is 4.49. The molecule has 2 N–H and O–H groups in total. The van der Waals surface area contributed by atoms with Crippen molar-refractivity contribution < 1.29 is 4.79 Å². The fraction of sp³-hybridized carbons (Fsp3) is 0.238. The van der Waals surface area contributed by atoms with Gasteiger partial charge in [-0.25, -0.2) is 0 Å². The van der Waals surface area contributed by atoms with Gasteiger partial charge < -0.3 is 10.3 Å². The Morgan fingerprint density at radius 2 is 1.80 bits per heavy atom. The van der Waals surface area contributed by atoms with Crippen molar-refractivity contribution in [2.75, 3.05) is 5.32 Å². The molecular formula is C21H22N2O2. The number of aromatic amines is 1. The molecule has 4 nitrogen and oxygen atoms in total. The highest BCUT2D eigenvalue weighted by Crippen LogP contribution is 2.16. The van der Waals surface area contributed by atoms with Crippen molar-refractivity contribution in [3.05, 3.63) is 75.1 Å². The Hall–Kier alpha value is -2.88. The highest BCUT2D eigenvalue weighted by atomic mass is 16.1. The van der Waals surface area contributed by atoms with Crippen molar-refractivity contribution in [2.45, 2.75) is 33.6 Å². The van der Waals surface area contributed by atoms with E-state index >= 15 is 0 Å². The summed E-state index contributed by atoms with van der Waals surface area (Å²) in [5.74, 6) is -0.0907. The van der Waals surface area contributed by atoms with Gasteiger partial charge in [-0.3, -0.25) is 9.59 Å². The maximum Gasteiger partial charge on any atom is 0.251 e. The molecule has 0 aliphatic heterocycles. The predicted octanol–water partition coefficient (Wildman–Crippen LogP) is 4.02. The number of carbonyl (C=O) groups excluding carboxylic acids is 1. The molecule has 4 heteroatoms. The fourth-order valence-corrected chi connectivity index (χ4v) is 2.85. The Bertz CT molecular complexity index is 1000. The third-order valence-electron chi connectivity index (χ3n) is 4.49. The van der Waals surface area contributed by atoms with Gasteiger partial charge >= 0.3 is 0 Å². The summed E-state index contributed by atoms with van der Waals surface area (Å²) in [5.41, 5.74) is 5.58. The first kappa shape index (κ1) is 17.0. The fourth-order valence-electron chi connectivity index (χ4n) is 2.85. The molecule has 0 aliphatic carbocycles. The summed E-state index contributed by atoms with van der Waals surface area (Å²) in [6.07, 6.45) is 0.684. The van der Waals surface area contributed by atoms with Crippen LogP contribution in [0.5, 0.6) is 0 Å². The largest absolute Gasteiger partial charge is 0.326 e. The summed E-state index contributed by atoms with van der Waals surface area (Å²) in [5, 5.41) is 3.88. The highest BCUT2D eigenvalue weighted by Gasteiger charge is 2.08. The van der Waals surface area contributed by atoms with Crippen LogP contribution in [0.1, 0.15) is 28.7 Å². The molecule has 128 valence electrons. The van der Waals surface area contributed by atoms with Gasteiger partial charge in [-0.15, -0.1) is 0 Å². The number of aryl methyl sites for hydroxylation is 4. The van der Waals surface area contributed by atoms with Crippen LogP contribution in [-0.2, 0) is 11.2 Å². The van der Waals surface area contributed by atoms with Crippen LogP contribution >= 0.6 is 0 Å². The van der Waals surface area contributed by atoms with E-state index in [0.717, 1.165) is 27.7 Å². The minimum Gasteiger partial charge on any atom is -0.326 e. The highest BCUT2D eigenvalue weighted by molar-refractivity contribution is 5.91. The van der Waals surface area contributed by atoms with Crippen molar-refractivity contribution in [1.82, 2.24) is 4.98 Å². The van der Waals surface area contributed by atoms with Gasteiger partial charge in [-0.1, -0.05) is 17.7 Å². The zero-order chi connectivity index (χ0) is 18.0. The van der Waals surface area contributed by atoms with E-state index in [1.807, 2.05) is 63.2 Å². The molecule has 0 aliphatic rings. The number of hydrogen-bond donors (Lipinski definition) is 2. The molecule has 2 aromatic carbocycles. The SMILES string of the molecule is Cc1ccc2[nH]c(=O)c(CCC(=O)Nc3ccc(C)c(C)c3)cc2c1. The van der Waals surface area contributed by atoms with Crippen LogP contribution in [0.2, 0.25) is 0 Å². The number of aromatic nitrogens is 1. The predicted molar refractivity (Wildman–Crippen MR) is 102 cm³/mol. The Morgan fingerprint density at radius 1 is 1.00 bits per heavy atom. The molecule has 3 rings (SSSR count). The molecule has 0 radical (unpaired) electrons. The van der Waals surface area contributed by atoms with E-state index in [9.17, 15) is 9.59 Å². The first-order valence-corrected chi connectivity index (χ1v) is 8.42. The van der Waals surface area contributed by atoms with E-state index in [-0.39, 0.29) is 17.9 Å². The van der Waals surface area contributed by atoms with Gasteiger partial charge in [-0.05, 0) is 74.0 Å². The number of nitrogens with one attached hydrogen (secondary N) is 2. The Kier molecular flexibility index (Phi) is 4.70. The van der Waals surface area contributed by atoms with Crippen molar-refractivity contribution in [2.24, 2.45) is 0 Å². The Morgan fingerprint density at radius 3 is 2.56 bits per heavy atom. The van der Waals surface area contributed by atoms with Crippen LogP contribution in [0.4, 0.5) is 5.69 Å². The van der Waals surface area contributed by atoms with Gasteiger partial charge in [0.15, 0.2) is 0 Å². The number of benzene rings is 2. The molecule has 1 aromatic heterocycles. The summed E-state index contributed by atoms with van der Waals surface area (Å²) in [7, 11) is 0. The number of rotatable bonds is 4. The van der Waals surface area contributed by atoms with Crippen LogP contribution in [0.3, 0.4) is 0 Å². The summed E-state index contributed by atoms with van der Waals surface area (Å²) in [6, 6.07) is 13.6. The van der Waals surface area contributed by atoms with E-state index < -0.39 is 0 Å². The normalized spacial score (nSPS) is 10.8. The van der Waals surface area contributed by atoms with Gasteiger partial charge in [0.25, 0.3) is 5.56 Å². The first-order chi connectivity index (χ1) is 11.9. The Labute approximate surface area is 146 Å².